The van der Waals surface area contributed by atoms with Crippen molar-refractivity contribution in [2.45, 2.75) is 31.2 Å². The third-order valence-electron chi connectivity index (χ3n) is 4.09. The van der Waals surface area contributed by atoms with Crippen LogP contribution in [0.25, 0.3) is 10.2 Å². The molecule has 124 valence electrons. The normalized spacial score (nSPS) is 12.5. The molecule has 0 aliphatic rings. The van der Waals surface area contributed by atoms with Gasteiger partial charge in [0.1, 0.15) is 4.70 Å². The van der Waals surface area contributed by atoms with Crippen LogP contribution in [0.5, 0.6) is 0 Å². The van der Waals surface area contributed by atoms with Gasteiger partial charge in [-0.25, -0.2) is 4.98 Å². The fourth-order valence-electron chi connectivity index (χ4n) is 2.41. The summed E-state index contributed by atoms with van der Waals surface area (Å²) in [6.07, 6.45) is 0. The van der Waals surface area contributed by atoms with Gasteiger partial charge >= 0.3 is 0 Å². The van der Waals surface area contributed by atoms with E-state index in [4.69, 9.17) is 0 Å². The van der Waals surface area contributed by atoms with Crippen molar-refractivity contribution in [1.29, 1.82) is 0 Å². The second-order valence-corrected chi connectivity index (χ2v) is 8.04. The number of thioether (sulfide) groups is 1. The first-order valence-electron chi connectivity index (χ1n) is 7.61. The number of fused-ring (bicyclic) bond motifs is 1. The Balaban J connectivity index is 1.90. The molecule has 6 heteroatoms. The minimum absolute atomic E-state index is 0.0442. The molecule has 0 fully saturated rings. The number of Topliss-reactive ketones (excluding diaryl/α,β-unsaturated/α-hetero) is 1. The van der Waals surface area contributed by atoms with E-state index >= 15 is 0 Å². The second kappa shape index (κ2) is 6.53. The van der Waals surface area contributed by atoms with Gasteiger partial charge in [-0.15, -0.1) is 11.3 Å². The molecule has 0 saturated carbocycles. The summed E-state index contributed by atoms with van der Waals surface area (Å²) in [5, 5.41) is 2.11. The van der Waals surface area contributed by atoms with Gasteiger partial charge in [-0.05, 0) is 49.4 Å². The lowest BCUT2D eigenvalue weighted by Gasteiger charge is -2.13. The van der Waals surface area contributed by atoms with E-state index < -0.39 is 0 Å². The molecule has 3 aromatic rings. The molecular formula is C18H18N2O2S2. The molecule has 0 aliphatic carbocycles. The molecular weight excluding hydrogens is 340 g/mol. The number of ketones is 1. The van der Waals surface area contributed by atoms with Crippen molar-refractivity contribution < 1.29 is 4.79 Å². The van der Waals surface area contributed by atoms with Crippen molar-refractivity contribution >= 4 is 39.1 Å². The van der Waals surface area contributed by atoms with Gasteiger partial charge in [-0.2, -0.15) is 0 Å². The molecule has 2 aromatic heterocycles. The zero-order valence-corrected chi connectivity index (χ0v) is 15.6. The van der Waals surface area contributed by atoms with E-state index in [1.807, 2.05) is 50.4 Å². The quantitative estimate of drug-likeness (QED) is 0.402. The monoisotopic (exact) mass is 358 g/mol. The second-order valence-electron chi connectivity index (χ2n) is 5.82. The molecule has 1 aromatic carbocycles. The lowest BCUT2D eigenvalue weighted by Crippen LogP contribution is -2.21. The highest BCUT2D eigenvalue weighted by Gasteiger charge is 2.20. The maximum Gasteiger partial charge on any atom is 0.271 e. The van der Waals surface area contributed by atoms with Crippen molar-refractivity contribution in [3.8, 4) is 0 Å². The molecule has 0 amide bonds. The van der Waals surface area contributed by atoms with Crippen molar-refractivity contribution in [3.63, 3.8) is 0 Å². The Hall–Kier alpha value is -1.92. The maximum atomic E-state index is 12.7. The molecule has 0 bridgehead atoms. The first kappa shape index (κ1) is 16.9. The van der Waals surface area contributed by atoms with Gasteiger partial charge in [0.15, 0.2) is 10.9 Å². The van der Waals surface area contributed by atoms with Gasteiger partial charge in [-0.3, -0.25) is 14.2 Å². The summed E-state index contributed by atoms with van der Waals surface area (Å²) in [6.45, 7) is 5.88. The average molecular weight is 358 g/mol. The molecule has 0 N–H and O–H groups in total. The predicted molar refractivity (Wildman–Crippen MR) is 100 cm³/mol. The number of benzene rings is 1. The molecule has 1 atom stereocenters. The third kappa shape index (κ3) is 3.03. The largest absolute Gasteiger partial charge is 0.293 e. The SMILES string of the molecule is Cc1ccc(C(=O)C(C)Sc2nc3ccsc3c(=O)n2C)cc1C. The number of hydrogen-bond donors (Lipinski definition) is 0. The molecule has 0 saturated heterocycles. The Bertz CT molecular complexity index is 988. The van der Waals surface area contributed by atoms with E-state index in [0.717, 1.165) is 5.56 Å². The van der Waals surface area contributed by atoms with Crippen molar-refractivity contribution in [3.05, 3.63) is 56.7 Å². The van der Waals surface area contributed by atoms with E-state index in [2.05, 4.69) is 4.98 Å². The molecule has 4 nitrogen and oxygen atoms in total. The van der Waals surface area contributed by atoms with Crippen LogP contribution in [0.4, 0.5) is 0 Å². The number of carbonyl (C=O) groups excluding carboxylic acids is 1. The number of thiophene rings is 1. The fourth-order valence-corrected chi connectivity index (χ4v) is 4.17. The van der Waals surface area contributed by atoms with Gasteiger partial charge in [0, 0.05) is 12.6 Å². The summed E-state index contributed by atoms with van der Waals surface area (Å²) < 4.78 is 2.17. The first-order chi connectivity index (χ1) is 11.4. The molecule has 0 spiro atoms. The molecule has 1 unspecified atom stereocenters. The first-order valence-corrected chi connectivity index (χ1v) is 9.36. The molecule has 24 heavy (non-hydrogen) atoms. The van der Waals surface area contributed by atoms with Crippen LogP contribution in [0.15, 0.2) is 39.6 Å². The Kier molecular flexibility index (Phi) is 4.60. The van der Waals surface area contributed by atoms with Crippen LogP contribution in [-0.2, 0) is 7.05 Å². The minimum atomic E-state index is -0.318. The number of aromatic nitrogens is 2. The van der Waals surface area contributed by atoms with Gasteiger partial charge in [0.25, 0.3) is 5.56 Å². The van der Waals surface area contributed by atoms with Crippen molar-refractivity contribution in [2.24, 2.45) is 7.05 Å². The summed E-state index contributed by atoms with van der Waals surface area (Å²) in [4.78, 5) is 29.6. The molecule has 2 heterocycles. The van der Waals surface area contributed by atoms with E-state index in [0.29, 0.717) is 20.9 Å². The van der Waals surface area contributed by atoms with Crippen LogP contribution in [0.2, 0.25) is 0 Å². The van der Waals surface area contributed by atoms with Gasteiger partial charge in [0.2, 0.25) is 0 Å². The Morgan fingerprint density at radius 3 is 2.71 bits per heavy atom. The predicted octanol–water partition coefficient (Wildman–Crippen LogP) is 3.98. The van der Waals surface area contributed by atoms with Crippen LogP contribution >= 0.6 is 23.1 Å². The topological polar surface area (TPSA) is 52.0 Å². The van der Waals surface area contributed by atoms with Crippen LogP contribution in [-0.4, -0.2) is 20.6 Å². The zero-order valence-electron chi connectivity index (χ0n) is 14.0. The van der Waals surface area contributed by atoms with Crippen molar-refractivity contribution in [1.82, 2.24) is 9.55 Å². The minimum Gasteiger partial charge on any atom is -0.293 e. The third-order valence-corrected chi connectivity index (χ3v) is 6.12. The van der Waals surface area contributed by atoms with Crippen LogP contribution in [0.1, 0.15) is 28.4 Å². The molecule has 0 aliphatic heterocycles. The summed E-state index contributed by atoms with van der Waals surface area (Å²) in [6, 6.07) is 7.58. The van der Waals surface area contributed by atoms with Crippen LogP contribution in [0, 0.1) is 13.8 Å². The highest BCUT2D eigenvalue weighted by molar-refractivity contribution is 8.00. The summed E-state index contributed by atoms with van der Waals surface area (Å²) in [7, 11) is 1.70. The fraction of sp³-hybridized carbons (Fsp3) is 0.278. The summed E-state index contributed by atoms with van der Waals surface area (Å²) >= 11 is 2.71. The van der Waals surface area contributed by atoms with E-state index in [-0.39, 0.29) is 16.6 Å². The van der Waals surface area contributed by atoms with Gasteiger partial charge in [-0.1, -0.05) is 23.9 Å². The lowest BCUT2D eigenvalue weighted by molar-refractivity contribution is 0.0993. The highest BCUT2D eigenvalue weighted by atomic mass is 32.2. The van der Waals surface area contributed by atoms with Crippen LogP contribution < -0.4 is 5.56 Å². The smallest absolute Gasteiger partial charge is 0.271 e. The zero-order chi connectivity index (χ0) is 17.4. The van der Waals surface area contributed by atoms with Gasteiger partial charge < -0.3 is 0 Å². The van der Waals surface area contributed by atoms with Crippen LogP contribution in [0.3, 0.4) is 0 Å². The molecule has 3 rings (SSSR count). The highest BCUT2D eigenvalue weighted by Crippen LogP contribution is 2.26. The maximum absolute atomic E-state index is 12.7. The number of carbonyl (C=O) groups is 1. The number of nitrogens with zero attached hydrogens (tertiary/aromatic N) is 2. The van der Waals surface area contributed by atoms with Gasteiger partial charge in [0.05, 0.1) is 10.8 Å². The van der Waals surface area contributed by atoms with E-state index in [9.17, 15) is 9.59 Å². The summed E-state index contributed by atoms with van der Waals surface area (Å²) in [5.74, 6) is 0.0442. The Labute approximate surface area is 148 Å². The standard InChI is InChI=1S/C18H18N2O2S2/c1-10-5-6-13(9-11(10)2)15(21)12(3)24-18-19-14-7-8-23-16(14)17(22)20(18)4/h5-9,12H,1-4H3. The number of hydrogen-bond acceptors (Lipinski definition) is 5. The number of aryl methyl sites for hydroxylation is 2. The molecule has 0 radical (unpaired) electrons. The van der Waals surface area contributed by atoms with Crippen molar-refractivity contribution in [2.75, 3.05) is 0 Å². The lowest BCUT2D eigenvalue weighted by atomic mass is 10.0. The summed E-state index contributed by atoms with van der Waals surface area (Å²) in [5.41, 5.74) is 3.58. The van der Waals surface area contributed by atoms with E-state index in [1.54, 1.807) is 7.05 Å². The Morgan fingerprint density at radius 1 is 1.25 bits per heavy atom. The van der Waals surface area contributed by atoms with E-state index in [1.165, 1.54) is 33.2 Å². The Morgan fingerprint density at radius 2 is 2.00 bits per heavy atom. The average Bonchev–Trinajstić information content (AvgIpc) is 3.02. The number of rotatable bonds is 4.